The highest BCUT2D eigenvalue weighted by molar-refractivity contribution is 6.42. The van der Waals surface area contributed by atoms with Crippen molar-refractivity contribution in [1.29, 1.82) is 0 Å². The van der Waals surface area contributed by atoms with Crippen LogP contribution in [0.1, 0.15) is 24.1 Å². The first-order valence-electron chi connectivity index (χ1n) is 8.46. The molecule has 0 aliphatic rings. The lowest BCUT2D eigenvalue weighted by Crippen LogP contribution is -2.07. The first kappa shape index (κ1) is 18.5. The lowest BCUT2D eigenvalue weighted by Gasteiger charge is -2.13. The molecule has 0 spiro atoms. The molecule has 0 atom stereocenters. The predicted octanol–water partition coefficient (Wildman–Crippen LogP) is 5.18. The van der Waals surface area contributed by atoms with Crippen LogP contribution in [0.5, 0.6) is 0 Å². The van der Waals surface area contributed by atoms with Gasteiger partial charge >= 0.3 is 0 Å². The highest BCUT2D eigenvalue weighted by atomic mass is 35.5. The Morgan fingerprint density at radius 1 is 0.808 bits per heavy atom. The maximum absolute atomic E-state index is 6.16. The topological polar surface area (TPSA) is 77.8 Å². The number of aryl methyl sites for hydroxylation is 2. The number of nitrogens with zero attached hydrogens (tertiary/aromatic N) is 2. The van der Waals surface area contributed by atoms with Crippen molar-refractivity contribution in [2.24, 2.45) is 0 Å². The first-order chi connectivity index (χ1) is 12.5. The Labute approximate surface area is 163 Å². The standard InChI is InChI=1S/C20H20Cl2N4/c21-15-11-10-14(12-16(15)22)18-17(25-20(24)26-19(18)23)9-5-4-8-13-6-2-1-3-7-13/h1-3,6-7,10-12H,4-5,8-9H2,(H4,23,24,25,26). The fraction of sp³-hybridized carbons (Fsp3) is 0.200. The first-order valence-corrected chi connectivity index (χ1v) is 9.21. The van der Waals surface area contributed by atoms with Crippen LogP contribution >= 0.6 is 23.2 Å². The van der Waals surface area contributed by atoms with Gasteiger partial charge in [-0.3, -0.25) is 0 Å². The number of halogens is 2. The minimum atomic E-state index is 0.185. The minimum absolute atomic E-state index is 0.185. The molecule has 0 fully saturated rings. The number of aromatic nitrogens is 2. The third-order valence-electron chi connectivity index (χ3n) is 4.21. The van der Waals surface area contributed by atoms with Gasteiger partial charge in [-0.15, -0.1) is 0 Å². The van der Waals surface area contributed by atoms with E-state index < -0.39 is 0 Å². The Bertz CT molecular complexity index is 898. The molecule has 0 amide bonds. The maximum Gasteiger partial charge on any atom is 0.222 e. The molecule has 0 saturated heterocycles. The average molecular weight is 387 g/mol. The van der Waals surface area contributed by atoms with E-state index in [0.717, 1.165) is 42.5 Å². The van der Waals surface area contributed by atoms with Crippen LogP contribution in [0, 0.1) is 0 Å². The summed E-state index contributed by atoms with van der Waals surface area (Å²) in [6.45, 7) is 0. The van der Waals surface area contributed by atoms with Crippen molar-refractivity contribution in [2.75, 3.05) is 11.5 Å². The molecule has 134 valence electrons. The van der Waals surface area contributed by atoms with Gasteiger partial charge in [0, 0.05) is 5.56 Å². The van der Waals surface area contributed by atoms with Gasteiger partial charge < -0.3 is 11.5 Å². The van der Waals surface area contributed by atoms with E-state index in [2.05, 4.69) is 34.2 Å². The summed E-state index contributed by atoms with van der Waals surface area (Å²) in [5.74, 6) is 0.540. The number of nitrogen functional groups attached to an aromatic ring is 2. The zero-order valence-corrected chi connectivity index (χ0v) is 15.8. The number of anilines is 2. The van der Waals surface area contributed by atoms with E-state index >= 15 is 0 Å². The normalized spacial score (nSPS) is 10.8. The van der Waals surface area contributed by atoms with Crippen molar-refractivity contribution < 1.29 is 0 Å². The van der Waals surface area contributed by atoms with Crippen molar-refractivity contribution in [3.8, 4) is 11.1 Å². The fourth-order valence-electron chi connectivity index (χ4n) is 2.96. The highest BCUT2D eigenvalue weighted by Crippen LogP contribution is 2.33. The molecule has 0 aliphatic heterocycles. The van der Waals surface area contributed by atoms with Gasteiger partial charge in [-0.25, -0.2) is 4.98 Å². The van der Waals surface area contributed by atoms with Gasteiger partial charge in [0.25, 0.3) is 0 Å². The molecule has 0 saturated carbocycles. The van der Waals surface area contributed by atoms with Gasteiger partial charge in [-0.1, -0.05) is 59.6 Å². The molecule has 4 nitrogen and oxygen atoms in total. The van der Waals surface area contributed by atoms with E-state index in [1.54, 1.807) is 12.1 Å². The molecule has 0 unspecified atom stereocenters. The molecule has 1 aromatic heterocycles. The maximum atomic E-state index is 6.16. The Morgan fingerprint density at radius 3 is 2.27 bits per heavy atom. The van der Waals surface area contributed by atoms with Gasteiger partial charge in [-0.2, -0.15) is 4.98 Å². The molecule has 2 aromatic carbocycles. The van der Waals surface area contributed by atoms with E-state index in [1.807, 2.05) is 12.1 Å². The molecule has 4 N–H and O–H groups in total. The number of rotatable bonds is 6. The summed E-state index contributed by atoms with van der Waals surface area (Å²) in [5.41, 5.74) is 15.7. The van der Waals surface area contributed by atoms with Gasteiger partial charge in [-0.05, 0) is 48.9 Å². The lowest BCUT2D eigenvalue weighted by atomic mass is 10.00. The van der Waals surface area contributed by atoms with E-state index in [1.165, 1.54) is 5.56 Å². The second-order valence-electron chi connectivity index (χ2n) is 6.11. The molecule has 3 aromatic rings. The van der Waals surface area contributed by atoms with Gasteiger partial charge in [0.05, 0.1) is 15.7 Å². The summed E-state index contributed by atoms with van der Waals surface area (Å²) in [4.78, 5) is 8.52. The predicted molar refractivity (Wildman–Crippen MR) is 109 cm³/mol. The summed E-state index contributed by atoms with van der Waals surface area (Å²) in [6, 6.07) is 15.8. The summed E-state index contributed by atoms with van der Waals surface area (Å²) >= 11 is 12.2. The third kappa shape index (κ3) is 4.45. The Hall–Kier alpha value is -2.30. The van der Waals surface area contributed by atoms with Crippen molar-refractivity contribution in [1.82, 2.24) is 9.97 Å². The minimum Gasteiger partial charge on any atom is -0.383 e. The Kier molecular flexibility index (Phi) is 5.96. The van der Waals surface area contributed by atoms with Crippen LogP contribution < -0.4 is 11.5 Å². The van der Waals surface area contributed by atoms with E-state index in [9.17, 15) is 0 Å². The summed E-state index contributed by atoms with van der Waals surface area (Å²) < 4.78 is 0. The van der Waals surface area contributed by atoms with Crippen LogP contribution in [0.25, 0.3) is 11.1 Å². The van der Waals surface area contributed by atoms with E-state index in [0.29, 0.717) is 15.9 Å². The number of unbranched alkanes of at least 4 members (excludes halogenated alkanes) is 1. The second kappa shape index (κ2) is 8.39. The molecule has 0 bridgehead atoms. The SMILES string of the molecule is Nc1nc(N)c(-c2ccc(Cl)c(Cl)c2)c(CCCCc2ccccc2)n1. The van der Waals surface area contributed by atoms with Crippen LogP contribution in [0.4, 0.5) is 11.8 Å². The monoisotopic (exact) mass is 386 g/mol. The molecular formula is C20H20Cl2N4. The quantitative estimate of drug-likeness (QED) is 0.572. The average Bonchev–Trinajstić information content (AvgIpc) is 2.62. The van der Waals surface area contributed by atoms with Crippen molar-refractivity contribution in [3.05, 3.63) is 69.8 Å². The number of benzene rings is 2. The molecule has 0 aliphatic carbocycles. The second-order valence-corrected chi connectivity index (χ2v) is 6.92. The largest absolute Gasteiger partial charge is 0.383 e. The van der Waals surface area contributed by atoms with Crippen LogP contribution in [0.15, 0.2) is 48.5 Å². The number of hydrogen-bond acceptors (Lipinski definition) is 4. The molecule has 1 heterocycles. The summed E-state index contributed by atoms with van der Waals surface area (Å²) in [5, 5.41) is 0.963. The zero-order valence-electron chi connectivity index (χ0n) is 14.3. The highest BCUT2D eigenvalue weighted by Gasteiger charge is 2.14. The molecule has 0 radical (unpaired) electrons. The lowest BCUT2D eigenvalue weighted by molar-refractivity contribution is 0.723. The van der Waals surface area contributed by atoms with Gasteiger partial charge in [0.1, 0.15) is 5.82 Å². The van der Waals surface area contributed by atoms with Crippen LogP contribution in [0.3, 0.4) is 0 Å². The van der Waals surface area contributed by atoms with Crippen LogP contribution in [-0.2, 0) is 12.8 Å². The Morgan fingerprint density at radius 2 is 1.54 bits per heavy atom. The Balaban J connectivity index is 1.78. The van der Waals surface area contributed by atoms with Crippen LogP contribution in [0.2, 0.25) is 10.0 Å². The smallest absolute Gasteiger partial charge is 0.222 e. The van der Waals surface area contributed by atoms with Crippen molar-refractivity contribution >= 4 is 35.0 Å². The molecular weight excluding hydrogens is 367 g/mol. The summed E-state index contributed by atoms with van der Waals surface area (Å²) in [6.07, 6.45) is 3.81. The van der Waals surface area contributed by atoms with Crippen molar-refractivity contribution in [3.63, 3.8) is 0 Å². The molecule has 26 heavy (non-hydrogen) atoms. The van der Waals surface area contributed by atoms with Gasteiger partial charge in [0.2, 0.25) is 5.95 Å². The van der Waals surface area contributed by atoms with E-state index in [-0.39, 0.29) is 5.95 Å². The molecule has 3 rings (SSSR count). The van der Waals surface area contributed by atoms with E-state index in [4.69, 9.17) is 34.7 Å². The summed E-state index contributed by atoms with van der Waals surface area (Å²) in [7, 11) is 0. The van der Waals surface area contributed by atoms with Gasteiger partial charge in [0.15, 0.2) is 0 Å². The number of hydrogen-bond donors (Lipinski definition) is 2. The third-order valence-corrected chi connectivity index (χ3v) is 4.95. The molecule has 6 heteroatoms. The fourth-order valence-corrected chi connectivity index (χ4v) is 3.26. The van der Waals surface area contributed by atoms with Crippen molar-refractivity contribution in [2.45, 2.75) is 25.7 Å². The van der Waals surface area contributed by atoms with Crippen LogP contribution in [-0.4, -0.2) is 9.97 Å². The zero-order chi connectivity index (χ0) is 18.5. The number of nitrogens with two attached hydrogens (primary N) is 2.